The van der Waals surface area contributed by atoms with Gasteiger partial charge in [0.15, 0.2) is 0 Å². The third kappa shape index (κ3) is 4.36. The largest absolute Gasteiger partial charge is 0.507 e. The Morgan fingerprint density at radius 1 is 1.17 bits per heavy atom. The summed E-state index contributed by atoms with van der Waals surface area (Å²) in [5.74, 6) is -1.61. The van der Waals surface area contributed by atoms with Crippen molar-refractivity contribution in [3.05, 3.63) is 71.0 Å². The van der Waals surface area contributed by atoms with Crippen LogP contribution in [0.15, 0.2) is 54.1 Å². The van der Waals surface area contributed by atoms with E-state index in [1.54, 1.807) is 24.3 Å². The zero-order valence-corrected chi connectivity index (χ0v) is 17.3. The van der Waals surface area contributed by atoms with Gasteiger partial charge in [-0.05, 0) is 50.8 Å². The van der Waals surface area contributed by atoms with Gasteiger partial charge in [0.2, 0.25) is 0 Å². The van der Waals surface area contributed by atoms with Crippen molar-refractivity contribution in [2.45, 2.75) is 13.0 Å². The number of likely N-dealkylation sites (tertiary alicyclic amines) is 1. The Balaban J connectivity index is 2.12. The summed E-state index contributed by atoms with van der Waals surface area (Å²) in [7, 11) is 3.73. The van der Waals surface area contributed by atoms with Gasteiger partial charge < -0.3 is 19.6 Å². The highest BCUT2D eigenvalue weighted by Gasteiger charge is 2.45. The SMILES string of the molecule is CCOc1cccc(C(O)=C2C(=O)C(=O)N(CCN(C)C)C2c2ccc(F)cc2)c1. The van der Waals surface area contributed by atoms with Crippen LogP contribution < -0.4 is 4.74 Å². The molecule has 7 heteroatoms. The van der Waals surface area contributed by atoms with Crippen molar-refractivity contribution in [3.8, 4) is 5.75 Å². The quantitative estimate of drug-likeness (QED) is 0.430. The Kier molecular flexibility index (Phi) is 6.52. The number of hydrogen-bond acceptors (Lipinski definition) is 5. The molecule has 1 N–H and O–H groups in total. The van der Waals surface area contributed by atoms with Crippen LogP contribution in [0.2, 0.25) is 0 Å². The van der Waals surface area contributed by atoms with Gasteiger partial charge in [0.25, 0.3) is 11.7 Å². The number of aliphatic hydroxyl groups excluding tert-OH is 1. The first kappa shape index (κ1) is 21.5. The second kappa shape index (κ2) is 9.09. The first-order chi connectivity index (χ1) is 14.3. The van der Waals surface area contributed by atoms with E-state index in [4.69, 9.17) is 4.74 Å². The van der Waals surface area contributed by atoms with Gasteiger partial charge in [-0.2, -0.15) is 0 Å². The van der Waals surface area contributed by atoms with Crippen LogP contribution in [0.4, 0.5) is 4.39 Å². The molecule has 1 atom stereocenters. The Bertz CT molecular complexity index is 969. The lowest BCUT2D eigenvalue weighted by molar-refractivity contribution is -0.140. The first-order valence-electron chi connectivity index (χ1n) is 9.75. The Hall–Kier alpha value is -3.19. The van der Waals surface area contributed by atoms with E-state index in [1.165, 1.54) is 29.2 Å². The minimum atomic E-state index is -0.804. The molecule has 1 amide bonds. The molecule has 0 saturated carbocycles. The summed E-state index contributed by atoms with van der Waals surface area (Å²) in [6, 6.07) is 11.5. The fourth-order valence-corrected chi connectivity index (χ4v) is 3.47. The zero-order valence-electron chi connectivity index (χ0n) is 17.3. The molecule has 3 rings (SSSR count). The number of hydrogen-bond donors (Lipinski definition) is 1. The van der Waals surface area contributed by atoms with Crippen molar-refractivity contribution in [2.75, 3.05) is 33.8 Å². The van der Waals surface area contributed by atoms with Crippen LogP contribution in [0.25, 0.3) is 5.76 Å². The number of nitrogens with zero attached hydrogens (tertiary/aromatic N) is 2. The van der Waals surface area contributed by atoms with Crippen molar-refractivity contribution in [1.29, 1.82) is 0 Å². The molecular formula is C23H25FN2O4. The molecule has 1 unspecified atom stereocenters. The number of carbonyl (C=O) groups is 2. The molecule has 1 aliphatic heterocycles. The summed E-state index contributed by atoms with van der Waals surface area (Å²) >= 11 is 0. The smallest absolute Gasteiger partial charge is 0.295 e. The third-order valence-corrected chi connectivity index (χ3v) is 4.93. The number of halogens is 1. The van der Waals surface area contributed by atoms with Crippen LogP contribution in [-0.2, 0) is 9.59 Å². The molecule has 0 radical (unpaired) electrons. The van der Waals surface area contributed by atoms with Crippen LogP contribution in [0.3, 0.4) is 0 Å². The Morgan fingerprint density at radius 3 is 2.50 bits per heavy atom. The number of rotatable bonds is 7. The Labute approximate surface area is 175 Å². The molecule has 0 spiro atoms. The van der Waals surface area contributed by atoms with Gasteiger partial charge >= 0.3 is 0 Å². The number of likely N-dealkylation sites (N-methyl/N-ethyl adjacent to an activating group) is 1. The molecule has 6 nitrogen and oxygen atoms in total. The number of ketones is 1. The van der Waals surface area contributed by atoms with Crippen LogP contribution >= 0.6 is 0 Å². The van der Waals surface area contributed by atoms with Crippen LogP contribution in [-0.4, -0.2) is 60.4 Å². The number of benzene rings is 2. The molecule has 0 aliphatic carbocycles. The van der Waals surface area contributed by atoms with E-state index in [-0.39, 0.29) is 17.9 Å². The second-order valence-corrected chi connectivity index (χ2v) is 7.31. The maximum Gasteiger partial charge on any atom is 0.295 e. The molecule has 2 aromatic rings. The number of amides is 1. The number of aliphatic hydroxyl groups is 1. The predicted octanol–water partition coefficient (Wildman–Crippen LogP) is 3.21. The summed E-state index contributed by atoms with van der Waals surface area (Å²) < 4.78 is 19.0. The average molecular weight is 412 g/mol. The topological polar surface area (TPSA) is 70.1 Å². The van der Waals surface area contributed by atoms with Crippen molar-refractivity contribution in [2.24, 2.45) is 0 Å². The lowest BCUT2D eigenvalue weighted by Gasteiger charge is -2.26. The summed E-state index contributed by atoms with van der Waals surface area (Å²) in [4.78, 5) is 29.0. The highest BCUT2D eigenvalue weighted by atomic mass is 19.1. The number of ether oxygens (including phenoxy) is 1. The normalized spacial score (nSPS) is 18.3. The van der Waals surface area contributed by atoms with Gasteiger partial charge in [0, 0.05) is 18.7 Å². The zero-order chi connectivity index (χ0) is 21.8. The van der Waals surface area contributed by atoms with Crippen LogP contribution in [0, 0.1) is 5.82 Å². The first-order valence-corrected chi connectivity index (χ1v) is 9.75. The standard InChI is InChI=1S/C23H25FN2O4/c1-4-30-18-7-5-6-16(14-18)21(27)19-20(15-8-10-17(24)11-9-15)26(13-12-25(2)3)23(29)22(19)28/h5-11,14,20,27H,4,12-13H2,1-3H3. The summed E-state index contributed by atoms with van der Waals surface area (Å²) in [6.45, 7) is 3.12. The Morgan fingerprint density at radius 2 is 1.87 bits per heavy atom. The maximum atomic E-state index is 13.5. The molecule has 1 heterocycles. The van der Waals surface area contributed by atoms with Crippen molar-refractivity contribution < 1.29 is 23.8 Å². The lowest BCUT2D eigenvalue weighted by atomic mass is 9.95. The minimum Gasteiger partial charge on any atom is -0.507 e. The summed E-state index contributed by atoms with van der Waals surface area (Å²) in [5.41, 5.74) is 0.912. The molecule has 1 aliphatic rings. The minimum absolute atomic E-state index is 0.0148. The van der Waals surface area contributed by atoms with Gasteiger partial charge in [0.1, 0.15) is 17.3 Å². The van der Waals surface area contributed by atoms with Crippen molar-refractivity contribution >= 4 is 17.4 Å². The van der Waals surface area contributed by atoms with E-state index in [1.807, 2.05) is 25.9 Å². The van der Waals surface area contributed by atoms with Crippen molar-refractivity contribution in [3.63, 3.8) is 0 Å². The third-order valence-electron chi connectivity index (χ3n) is 4.93. The fourth-order valence-electron chi connectivity index (χ4n) is 3.47. The van der Waals surface area contributed by atoms with E-state index in [2.05, 4.69) is 0 Å². The van der Waals surface area contributed by atoms with Gasteiger partial charge in [0.05, 0.1) is 18.2 Å². The molecule has 30 heavy (non-hydrogen) atoms. The van der Waals surface area contributed by atoms with E-state index < -0.39 is 23.5 Å². The number of carbonyl (C=O) groups excluding carboxylic acids is 2. The monoisotopic (exact) mass is 412 g/mol. The maximum absolute atomic E-state index is 13.5. The van der Waals surface area contributed by atoms with Crippen LogP contribution in [0.5, 0.6) is 5.75 Å². The van der Waals surface area contributed by atoms with Gasteiger partial charge in [-0.3, -0.25) is 9.59 Å². The molecular weight excluding hydrogens is 387 g/mol. The molecule has 0 bridgehead atoms. The van der Waals surface area contributed by atoms with Crippen molar-refractivity contribution in [1.82, 2.24) is 9.80 Å². The van der Waals surface area contributed by atoms with Gasteiger partial charge in [-0.15, -0.1) is 0 Å². The second-order valence-electron chi connectivity index (χ2n) is 7.31. The molecule has 2 aromatic carbocycles. The van der Waals surface area contributed by atoms with Crippen LogP contribution in [0.1, 0.15) is 24.1 Å². The van der Waals surface area contributed by atoms with E-state index in [9.17, 15) is 19.1 Å². The predicted molar refractivity (Wildman–Crippen MR) is 112 cm³/mol. The highest BCUT2D eigenvalue weighted by molar-refractivity contribution is 6.46. The average Bonchev–Trinajstić information content (AvgIpc) is 2.97. The van der Waals surface area contributed by atoms with E-state index in [0.29, 0.717) is 30.0 Å². The summed E-state index contributed by atoms with van der Waals surface area (Å²) in [5, 5.41) is 11.0. The lowest BCUT2D eigenvalue weighted by Crippen LogP contribution is -2.35. The molecule has 1 saturated heterocycles. The molecule has 1 fully saturated rings. The van der Waals surface area contributed by atoms with E-state index >= 15 is 0 Å². The molecule has 158 valence electrons. The molecule has 0 aromatic heterocycles. The summed E-state index contributed by atoms with van der Waals surface area (Å²) in [6.07, 6.45) is 0. The number of Topliss-reactive ketones (excluding diaryl/α,β-unsaturated/α-hetero) is 1. The van der Waals surface area contributed by atoms with Gasteiger partial charge in [-0.1, -0.05) is 24.3 Å². The van der Waals surface area contributed by atoms with E-state index in [0.717, 1.165) is 0 Å². The van der Waals surface area contributed by atoms with Gasteiger partial charge in [-0.25, -0.2) is 4.39 Å². The highest BCUT2D eigenvalue weighted by Crippen LogP contribution is 2.39. The fraction of sp³-hybridized carbons (Fsp3) is 0.304.